The number of alkyl halides is 1. The number of aliphatic hydroxyl groups excluding tert-OH is 1. The summed E-state index contributed by atoms with van der Waals surface area (Å²) in [5.74, 6) is -1.77. The number of likely N-dealkylation sites (tertiary alicyclic amines) is 1. The Morgan fingerprint density at radius 1 is 1.13 bits per heavy atom. The van der Waals surface area contributed by atoms with E-state index in [-0.39, 0.29) is 47.7 Å². The minimum Gasteiger partial charge on any atom is -0.494 e. The normalized spacial score (nSPS) is 30.1. The van der Waals surface area contributed by atoms with Gasteiger partial charge in [0.15, 0.2) is 0 Å². The van der Waals surface area contributed by atoms with E-state index in [2.05, 4.69) is 29.1 Å². The first-order valence-electron chi connectivity index (χ1n) is 17.0. The molecule has 4 aliphatic rings. The van der Waals surface area contributed by atoms with Crippen molar-refractivity contribution < 1.29 is 29.0 Å². The number of nitrogens with zero attached hydrogens (tertiary/aromatic N) is 3. The molecule has 5 rings (SSSR count). The molecule has 3 aliphatic heterocycles. The molecule has 1 N–H and O–H groups in total. The van der Waals surface area contributed by atoms with E-state index in [1.807, 2.05) is 49.9 Å². The molecule has 3 saturated heterocycles. The van der Waals surface area contributed by atoms with Crippen molar-refractivity contribution in [1.29, 1.82) is 0 Å². The first-order valence-corrected chi connectivity index (χ1v) is 17.9. The standard InChI is InChI=1S/C36H50BrN3O6/c1-6-19-38(25-15-17-26(18-16-25)45-9-4)33(42)29-30-34(43)40(28(22-41)23(5)8-3)32(36(30)21-27(37)31(29)46-36)35(44)39(20-7-2)24-13-11-10-12-14-24/h6-7,15-18,23-24,27-32,41H,1-2,8-14,19-22H2,3-5H3/t23-,27?,28-,29+,30-,31+,32?,36?/m0/s1. The van der Waals surface area contributed by atoms with Crippen molar-refractivity contribution in [2.75, 3.05) is 31.2 Å². The zero-order valence-electron chi connectivity index (χ0n) is 27.5. The van der Waals surface area contributed by atoms with Gasteiger partial charge in [-0.1, -0.05) is 67.6 Å². The summed E-state index contributed by atoms with van der Waals surface area (Å²) in [5, 5.41) is 10.7. The van der Waals surface area contributed by atoms with E-state index in [4.69, 9.17) is 9.47 Å². The number of benzene rings is 1. The van der Waals surface area contributed by atoms with Gasteiger partial charge in [-0.2, -0.15) is 0 Å². The van der Waals surface area contributed by atoms with Gasteiger partial charge in [-0.3, -0.25) is 14.4 Å². The molecular formula is C36H50BrN3O6. The number of hydrogen-bond donors (Lipinski definition) is 1. The first-order chi connectivity index (χ1) is 22.2. The molecule has 9 nitrogen and oxygen atoms in total. The Kier molecular flexibility index (Phi) is 11.0. The molecule has 3 heterocycles. The van der Waals surface area contributed by atoms with E-state index < -0.39 is 35.6 Å². The maximum absolute atomic E-state index is 15.0. The van der Waals surface area contributed by atoms with Gasteiger partial charge in [-0.15, -0.1) is 13.2 Å². The lowest BCUT2D eigenvalue weighted by Crippen LogP contribution is -2.61. The smallest absolute Gasteiger partial charge is 0.248 e. The second-order valence-corrected chi connectivity index (χ2v) is 14.5. The number of amides is 3. The number of hydrogen-bond acceptors (Lipinski definition) is 6. The van der Waals surface area contributed by atoms with Crippen LogP contribution in [0, 0.1) is 17.8 Å². The van der Waals surface area contributed by atoms with Gasteiger partial charge in [0, 0.05) is 29.6 Å². The summed E-state index contributed by atoms with van der Waals surface area (Å²) in [4.78, 5) is 49.4. The van der Waals surface area contributed by atoms with Crippen molar-refractivity contribution in [1.82, 2.24) is 9.80 Å². The van der Waals surface area contributed by atoms with Gasteiger partial charge in [0.05, 0.1) is 37.2 Å². The van der Waals surface area contributed by atoms with Crippen LogP contribution >= 0.6 is 15.9 Å². The molecule has 3 amide bonds. The van der Waals surface area contributed by atoms with Crippen LogP contribution in [0.5, 0.6) is 5.75 Å². The van der Waals surface area contributed by atoms with Crippen LogP contribution in [0.15, 0.2) is 49.6 Å². The average Bonchev–Trinajstić information content (AvgIpc) is 3.66. The molecule has 46 heavy (non-hydrogen) atoms. The summed E-state index contributed by atoms with van der Waals surface area (Å²) in [6.07, 6.45) is 8.98. The number of aliphatic hydroxyl groups is 1. The number of ether oxygens (including phenoxy) is 2. The third-order valence-electron chi connectivity index (χ3n) is 10.8. The molecule has 2 bridgehead atoms. The number of anilines is 1. The summed E-state index contributed by atoms with van der Waals surface area (Å²) in [5.41, 5.74) is -0.547. The first kappa shape index (κ1) is 34.6. The van der Waals surface area contributed by atoms with Crippen LogP contribution in [-0.4, -0.2) is 93.6 Å². The average molecular weight is 701 g/mol. The van der Waals surface area contributed by atoms with Crippen molar-refractivity contribution in [2.45, 2.75) is 100 Å². The van der Waals surface area contributed by atoms with Crippen LogP contribution in [0.1, 0.15) is 65.7 Å². The summed E-state index contributed by atoms with van der Waals surface area (Å²) in [6, 6.07) is 5.80. The molecule has 3 unspecified atom stereocenters. The van der Waals surface area contributed by atoms with Crippen molar-refractivity contribution in [2.24, 2.45) is 17.8 Å². The fraction of sp³-hybridized carbons (Fsp3) is 0.639. The minimum atomic E-state index is -1.21. The molecule has 8 atom stereocenters. The summed E-state index contributed by atoms with van der Waals surface area (Å²) >= 11 is 3.81. The van der Waals surface area contributed by atoms with E-state index in [1.165, 1.54) is 0 Å². The molecule has 0 radical (unpaired) electrons. The quantitative estimate of drug-likeness (QED) is 0.214. The van der Waals surface area contributed by atoms with Crippen LogP contribution in [0.2, 0.25) is 0 Å². The SMILES string of the molecule is C=CCN(C(=O)[C@H]1[C@@H]2OC3(CC2Br)C(C(=O)N(CC=C)C2CCCCC2)N([C@@H](CO)[C@@H](C)CC)C(=O)[C@H]13)c1ccc(OCC)cc1. The maximum Gasteiger partial charge on any atom is 0.248 e. The predicted molar refractivity (Wildman–Crippen MR) is 182 cm³/mol. The van der Waals surface area contributed by atoms with Crippen LogP contribution in [0.3, 0.4) is 0 Å². The van der Waals surface area contributed by atoms with Gasteiger partial charge in [-0.25, -0.2) is 0 Å². The van der Waals surface area contributed by atoms with Crippen molar-refractivity contribution >= 4 is 39.3 Å². The Labute approximate surface area is 282 Å². The van der Waals surface area contributed by atoms with Crippen molar-refractivity contribution in [3.8, 4) is 5.75 Å². The van der Waals surface area contributed by atoms with Crippen LogP contribution in [-0.2, 0) is 19.1 Å². The number of carbonyl (C=O) groups is 3. The highest BCUT2D eigenvalue weighted by Crippen LogP contribution is 2.61. The number of halogens is 1. The van der Waals surface area contributed by atoms with Crippen LogP contribution < -0.4 is 9.64 Å². The lowest BCUT2D eigenvalue weighted by molar-refractivity contribution is -0.154. The fourth-order valence-corrected chi connectivity index (χ4v) is 9.37. The lowest BCUT2D eigenvalue weighted by Gasteiger charge is -2.43. The molecule has 10 heteroatoms. The van der Waals surface area contributed by atoms with Gasteiger partial charge in [0.25, 0.3) is 0 Å². The second kappa shape index (κ2) is 14.6. The Bertz CT molecular complexity index is 1280. The highest BCUT2D eigenvalue weighted by molar-refractivity contribution is 9.09. The van der Waals surface area contributed by atoms with Gasteiger partial charge in [0.2, 0.25) is 17.7 Å². The molecule has 4 fully saturated rings. The van der Waals surface area contributed by atoms with Crippen LogP contribution in [0.4, 0.5) is 5.69 Å². The minimum absolute atomic E-state index is 0.0429. The molecule has 1 saturated carbocycles. The van der Waals surface area contributed by atoms with Gasteiger partial charge >= 0.3 is 0 Å². The highest BCUT2D eigenvalue weighted by atomic mass is 79.9. The Morgan fingerprint density at radius 2 is 1.80 bits per heavy atom. The van der Waals surface area contributed by atoms with E-state index in [1.54, 1.807) is 22.0 Å². The zero-order chi connectivity index (χ0) is 33.2. The van der Waals surface area contributed by atoms with Gasteiger partial charge in [0.1, 0.15) is 17.4 Å². The van der Waals surface area contributed by atoms with Gasteiger partial charge in [-0.05, 0) is 56.4 Å². The van der Waals surface area contributed by atoms with Crippen LogP contribution in [0.25, 0.3) is 0 Å². The van der Waals surface area contributed by atoms with E-state index in [9.17, 15) is 19.5 Å². The Hall–Kier alpha value is -2.69. The second-order valence-electron chi connectivity index (χ2n) is 13.3. The highest BCUT2D eigenvalue weighted by Gasteiger charge is 2.77. The molecular weight excluding hydrogens is 650 g/mol. The number of rotatable bonds is 14. The third kappa shape index (κ3) is 5.94. The number of fused-ring (bicyclic) bond motifs is 1. The van der Waals surface area contributed by atoms with E-state index in [0.29, 0.717) is 37.4 Å². The molecule has 0 aromatic heterocycles. The van der Waals surface area contributed by atoms with E-state index in [0.717, 1.165) is 32.1 Å². The monoisotopic (exact) mass is 699 g/mol. The molecule has 1 aromatic carbocycles. The van der Waals surface area contributed by atoms with Gasteiger partial charge < -0.3 is 29.3 Å². The summed E-state index contributed by atoms with van der Waals surface area (Å²) in [6.45, 7) is 14.6. The zero-order valence-corrected chi connectivity index (χ0v) is 29.1. The fourth-order valence-electron chi connectivity index (χ4n) is 8.43. The largest absolute Gasteiger partial charge is 0.494 e. The van der Waals surface area contributed by atoms with Crippen molar-refractivity contribution in [3.05, 3.63) is 49.6 Å². The molecule has 1 spiro atoms. The number of carbonyl (C=O) groups excluding carboxylic acids is 3. The van der Waals surface area contributed by atoms with Crippen molar-refractivity contribution in [3.63, 3.8) is 0 Å². The molecule has 252 valence electrons. The summed E-state index contributed by atoms with van der Waals surface area (Å²) < 4.78 is 12.5. The molecule has 1 aliphatic carbocycles. The molecule has 1 aromatic rings. The Morgan fingerprint density at radius 3 is 2.39 bits per heavy atom. The Balaban J connectivity index is 1.58. The van der Waals surface area contributed by atoms with E-state index >= 15 is 0 Å². The topological polar surface area (TPSA) is 99.6 Å². The third-order valence-corrected chi connectivity index (χ3v) is 11.6. The summed E-state index contributed by atoms with van der Waals surface area (Å²) in [7, 11) is 0. The predicted octanol–water partition coefficient (Wildman–Crippen LogP) is 5.11. The maximum atomic E-state index is 15.0. The lowest BCUT2D eigenvalue weighted by atomic mass is 9.70.